The number of thiazole rings is 1. The van der Waals surface area contributed by atoms with Crippen LogP contribution in [0, 0.1) is 11.6 Å². The van der Waals surface area contributed by atoms with Gasteiger partial charge in [-0.2, -0.15) is 0 Å². The van der Waals surface area contributed by atoms with Crippen LogP contribution in [0.25, 0.3) is 10.2 Å². The van der Waals surface area contributed by atoms with Gasteiger partial charge in [0.25, 0.3) is 0 Å². The van der Waals surface area contributed by atoms with Gasteiger partial charge in [-0.25, -0.2) is 13.8 Å². The van der Waals surface area contributed by atoms with Gasteiger partial charge in [0, 0.05) is 32.3 Å². The fourth-order valence-corrected chi connectivity index (χ4v) is 5.55. The highest BCUT2D eigenvalue weighted by Crippen LogP contribution is 2.30. The second-order valence-electron chi connectivity index (χ2n) is 9.61. The molecule has 9 heteroatoms. The number of carbonyl (C=O) groups excluding carboxylic acids is 1. The molecule has 3 atom stereocenters. The standard InChI is InChI=1S/C30H33F2N3O3S/c1-3-19-7-6-8-20(11-19)17-35(18-26(36)24(33)14-21-12-22(31)15-23(32)13-21)29(37)16-27(38-2)30-34-25-9-4-5-10-28(25)39-30/h4-13,15,24,26-27,36H,3,14,16-18,33H2,1-2H3/t24-,26+,27?/m0/s1. The van der Waals surface area contributed by atoms with E-state index in [4.69, 9.17) is 10.5 Å². The van der Waals surface area contributed by atoms with E-state index < -0.39 is 29.9 Å². The summed E-state index contributed by atoms with van der Waals surface area (Å²) in [5.41, 5.74) is 9.47. The van der Waals surface area contributed by atoms with Crippen molar-refractivity contribution in [1.29, 1.82) is 0 Å². The van der Waals surface area contributed by atoms with Gasteiger partial charge in [0.15, 0.2) is 0 Å². The predicted octanol–water partition coefficient (Wildman–Crippen LogP) is 5.17. The Bertz CT molecular complexity index is 1360. The first-order valence-electron chi connectivity index (χ1n) is 12.9. The summed E-state index contributed by atoms with van der Waals surface area (Å²) >= 11 is 1.48. The number of aromatic nitrogens is 1. The zero-order valence-electron chi connectivity index (χ0n) is 22.0. The molecule has 3 N–H and O–H groups in total. The molecule has 1 unspecified atom stereocenters. The lowest BCUT2D eigenvalue weighted by molar-refractivity contribution is -0.136. The second-order valence-corrected chi connectivity index (χ2v) is 10.7. The number of aryl methyl sites for hydroxylation is 1. The van der Waals surface area contributed by atoms with Gasteiger partial charge in [-0.15, -0.1) is 11.3 Å². The molecule has 0 saturated heterocycles. The number of halogens is 2. The molecule has 206 valence electrons. The van der Waals surface area contributed by atoms with Crippen LogP contribution in [0.4, 0.5) is 8.78 Å². The largest absolute Gasteiger partial charge is 0.390 e. The Morgan fingerprint density at radius 1 is 1.05 bits per heavy atom. The van der Waals surface area contributed by atoms with Crippen molar-refractivity contribution in [3.63, 3.8) is 0 Å². The van der Waals surface area contributed by atoms with Gasteiger partial charge in [0.05, 0.1) is 22.7 Å². The number of methoxy groups -OCH3 is 1. The highest BCUT2D eigenvalue weighted by molar-refractivity contribution is 7.18. The van der Waals surface area contributed by atoms with Crippen LogP contribution in [0.15, 0.2) is 66.7 Å². The molecule has 1 amide bonds. The van der Waals surface area contributed by atoms with Crippen molar-refractivity contribution in [2.24, 2.45) is 5.73 Å². The van der Waals surface area contributed by atoms with Crippen LogP contribution in [-0.4, -0.2) is 46.7 Å². The summed E-state index contributed by atoms with van der Waals surface area (Å²) in [7, 11) is 1.54. The Kier molecular flexibility index (Phi) is 9.74. The van der Waals surface area contributed by atoms with Crippen molar-refractivity contribution in [3.8, 4) is 0 Å². The van der Waals surface area contributed by atoms with Crippen molar-refractivity contribution in [2.45, 2.75) is 51.0 Å². The highest BCUT2D eigenvalue weighted by atomic mass is 32.1. The van der Waals surface area contributed by atoms with Crippen LogP contribution in [0.5, 0.6) is 0 Å². The third kappa shape index (κ3) is 7.67. The molecule has 0 radical (unpaired) electrons. The minimum absolute atomic E-state index is 0.0286. The third-order valence-electron chi connectivity index (χ3n) is 6.65. The maximum absolute atomic E-state index is 13.7. The van der Waals surface area contributed by atoms with E-state index in [2.05, 4.69) is 11.9 Å². The first-order chi connectivity index (χ1) is 18.7. The summed E-state index contributed by atoms with van der Waals surface area (Å²) in [6.45, 7) is 2.27. The molecule has 4 rings (SSSR count). The number of amides is 1. The number of nitrogens with two attached hydrogens (primary N) is 1. The van der Waals surface area contributed by atoms with Crippen LogP contribution in [0.3, 0.4) is 0 Å². The van der Waals surface area contributed by atoms with Crippen molar-refractivity contribution in [3.05, 3.63) is 100 Å². The molecule has 1 aromatic heterocycles. The number of aliphatic hydroxyl groups excluding tert-OH is 1. The molecule has 0 fully saturated rings. The van der Waals surface area contributed by atoms with Crippen LogP contribution in [0.2, 0.25) is 0 Å². The summed E-state index contributed by atoms with van der Waals surface area (Å²) in [6, 6.07) is 18.0. The smallest absolute Gasteiger partial charge is 0.226 e. The van der Waals surface area contributed by atoms with E-state index in [1.807, 2.05) is 48.5 Å². The van der Waals surface area contributed by atoms with Crippen LogP contribution in [-0.2, 0) is 28.9 Å². The number of fused-ring (bicyclic) bond motifs is 1. The van der Waals surface area contributed by atoms with Gasteiger partial charge in [-0.05, 0) is 53.8 Å². The number of rotatable bonds is 12. The highest BCUT2D eigenvalue weighted by Gasteiger charge is 2.27. The summed E-state index contributed by atoms with van der Waals surface area (Å²) in [5, 5.41) is 11.7. The lowest BCUT2D eigenvalue weighted by Gasteiger charge is -2.29. The van der Waals surface area contributed by atoms with Crippen LogP contribution >= 0.6 is 11.3 Å². The number of nitrogens with zero attached hydrogens (tertiary/aromatic N) is 2. The maximum atomic E-state index is 13.7. The monoisotopic (exact) mass is 553 g/mol. The minimum atomic E-state index is -1.13. The molecule has 3 aromatic carbocycles. The Morgan fingerprint density at radius 3 is 2.46 bits per heavy atom. The molecule has 0 aliphatic carbocycles. The minimum Gasteiger partial charge on any atom is -0.390 e. The number of hydrogen-bond acceptors (Lipinski definition) is 6. The van der Waals surface area contributed by atoms with E-state index >= 15 is 0 Å². The number of carbonyl (C=O) groups is 1. The molecule has 39 heavy (non-hydrogen) atoms. The predicted molar refractivity (Wildman–Crippen MR) is 149 cm³/mol. The normalized spacial score (nSPS) is 13.8. The van der Waals surface area contributed by atoms with Gasteiger partial charge in [-0.1, -0.05) is 43.3 Å². The van der Waals surface area contributed by atoms with E-state index in [0.717, 1.165) is 33.8 Å². The van der Waals surface area contributed by atoms with Crippen molar-refractivity contribution in [1.82, 2.24) is 9.88 Å². The fourth-order valence-electron chi connectivity index (χ4n) is 4.51. The molecule has 1 heterocycles. The molecule has 6 nitrogen and oxygen atoms in total. The quantitative estimate of drug-likeness (QED) is 0.253. The lowest BCUT2D eigenvalue weighted by atomic mass is 10.0. The van der Waals surface area contributed by atoms with E-state index in [1.54, 1.807) is 12.0 Å². The van der Waals surface area contributed by atoms with Crippen molar-refractivity contribution < 1.29 is 23.4 Å². The van der Waals surface area contributed by atoms with Gasteiger partial charge in [0.1, 0.15) is 22.7 Å². The topological polar surface area (TPSA) is 88.7 Å². The second kappa shape index (κ2) is 13.2. The van der Waals surface area contributed by atoms with Gasteiger partial charge < -0.3 is 20.5 Å². The summed E-state index contributed by atoms with van der Waals surface area (Å²) in [5.74, 6) is -1.65. The molecular formula is C30H33F2N3O3S. The van der Waals surface area contributed by atoms with Gasteiger partial charge >= 0.3 is 0 Å². The van der Waals surface area contributed by atoms with E-state index in [0.29, 0.717) is 10.6 Å². The molecule has 0 aliphatic heterocycles. The first-order valence-corrected chi connectivity index (χ1v) is 13.7. The number of benzene rings is 3. The summed E-state index contributed by atoms with van der Waals surface area (Å²) < 4.78 is 34.0. The number of para-hydroxylation sites is 1. The summed E-state index contributed by atoms with van der Waals surface area (Å²) in [4.78, 5) is 19.8. The SMILES string of the molecule is CCc1cccc(CN(C[C@@H](O)[C@@H](N)Cc2cc(F)cc(F)c2)C(=O)CC(OC)c2nc3ccccc3s2)c1. The van der Waals surface area contributed by atoms with Crippen molar-refractivity contribution >= 4 is 27.5 Å². The maximum Gasteiger partial charge on any atom is 0.226 e. The molecule has 0 saturated carbocycles. The molecule has 4 aromatic rings. The van der Waals surface area contributed by atoms with E-state index in [1.165, 1.54) is 23.5 Å². The van der Waals surface area contributed by atoms with Crippen LogP contribution < -0.4 is 5.73 Å². The number of ether oxygens (including phenoxy) is 1. The Labute approximate surface area is 231 Å². The molecule has 0 spiro atoms. The number of hydrogen-bond donors (Lipinski definition) is 2. The lowest BCUT2D eigenvalue weighted by Crippen LogP contribution is -2.46. The van der Waals surface area contributed by atoms with Gasteiger partial charge in [0.2, 0.25) is 5.91 Å². The number of aliphatic hydroxyl groups is 1. The average Bonchev–Trinajstić information content (AvgIpc) is 3.34. The molecule has 0 aliphatic rings. The molecule has 0 bridgehead atoms. The third-order valence-corrected chi connectivity index (χ3v) is 7.78. The molecular weight excluding hydrogens is 520 g/mol. The van der Waals surface area contributed by atoms with Crippen molar-refractivity contribution in [2.75, 3.05) is 13.7 Å². The Hall–Kier alpha value is -3.24. The zero-order chi connectivity index (χ0) is 27.9. The average molecular weight is 554 g/mol. The summed E-state index contributed by atoms with van der Waals surface area (Å²) in [6.07, 6.45) is -0.752. The first kappa shape index (κ1) is 28.8. The van der Waals surface area contributed by atoms with E-state index in [-0.39, 0.29) is 31.8 Å². The Balaban J connectivity index is 1.52. The van der Waals surface area contributed by atoms with Gasteiger partial charge in [-0.3, -0.25) is 4.79 Å². The zero-order valence-corrected chi connectivity index (χ0v) is 22.8. The van der Waals surface area contributed by atoms with E-state index in [9.17, 15) is 18.7 Å². The Morgan fingerprint density at radius 2 is 1.77 bits per heavy atom. The fraction of sp³-hybridized carbons (Fsp3) is 0.333. The van der Waals surface area contributed by atoms with Crippen LogP contribution in [0.1, 0.15) is 41.1 Å².